The second-order valence-corrected chi connectivity index (χ2v) is 10.7. The van der Waals surface area contributed by atoms with Crippen LogP contribution in [0.3, 0.4) is 0 Å². The van der Waals surface area contributed by atoms with Crippen molar-refractivity contribution in [3.63, 3.8) is 0 Å². The SMILES string of the molecule is CCC[C@@H](NC(=O)N1C(=O)C(CC)(CC)C1Oc1ccc([C@@H](COC)N(C)CCC)cc1)c1ccc(C)cc1. The maximum absolute atomic E-state index is 13.5. The van der Waals surface area contributed by atoms with E-state index < -0.39 is 17.7 Å². The average Bonchev–Trinajstić information content (AvgIpc) is 2.93. The molecule has 7 nitrogen and oxygen atoms in total. The van der Waals surface area contributed by atoms with Crippen LogP contribution in [0.15, 0.2) is 48.5 Å². The zero-order valence-electron chi connectivity index (χ0n) is 24.8. The monoisotopic (exact) mass is 537 g/mol. The third-order valence-corrected chi connectivity index (χ3v) is 8.13. The first-order chi connectivity index (χ1) is 18.8. The van der Waals surface area contributed by atoms with Crippen LogP contribution in [0.25, 0.3) is 0 Å². The molecule has 0 spiro atoms. The molecule has 0 radical (unpaired) electrons. The van der Waals surface area contributed by atoms with Crippen LogP contribution < -0.4 is 10.1 Å². The van der Waals surface area contributed by atoms with Gasteiger partial charge in [0.2, 0.25) is 5.91 Å². The number of benzene rings is 2. The predicted molar refractivity (Wildman–Crippen MR) is 156 cm³/mol. The summed E-state index contributed by atoms with van der Waals surface area (Å²) >= 11 is 0. The summed E-state index contributed by atoms with van der Waals surface area (Å²) in [4.78, 5) is 30.5. The summed E-state index contributed by atoms with van der Waals surface area (Å²) in [7, 11) is 3.82. The van der Waals surface area contributed by atoms with Crippen molar-refractivity contribution >= 4 is 11.9 Å². The highest BCUT2D eigenvalue weighted by atomic mass is 16.5. The van der Waals surface area contributed by atoms with E-state index in [1.807, 2.05) is 69.3 Å². The van der Waals surface area contributed by atoms with Crippen LogP contribution in [0.1, 0.15) is 88.6 Å². The van der Waals surface area contributed by atoms with Crippen LogP contribution in [0.5, 0.6) is 5.75 Å². The lowest BCUT2D eigenvalue weighted by Gasteiger charge is -2.53. The summed E-state index contributed by atoms with van der Waals surface area (Å²) in [6.07, 6.45) is 3.29. The Morgan fingerprint density at radius 2 is 1.62 bits per heavy atom. The van der Waals surface area contributed by atoms with Gasteiger partial charge in [0.1, 0.15) is 11.2 Å². The molecule has 2 aromatic carbocycles. The number of hydrogen-bond acceptors (Lipinski definition) is 5. The number of methoxy groups -OCH3 is 1. The van der Waals surface area contributed by atoms with Gasteiger partial charge in [0, 0.05) is 7.11 Å². The van der Waals surface area contributed by atoms with E-state index in [0.29, 0.717) is 25.2 Å². The Labute approximate surface area is 234 Å². The highest BCUT2D eigenvalue weighted by Gasteiger charge is 2.63. The number of β-lactam (4-membered cyclic amide) rings is 1. The molecular weight excluding hydrogens is 490 g/mol. The second kappa shape index (κ2) is 13.9. The standard InChI is InChI=1S/C32H47N3O4/c1-8-12-27(24-15-13-23(5)14-16-24)33-31(37)35-29(36)32(10-3,11-4)30(35)39-26-19-17-25(18-20-26)28(22-38-7)34(6)21-9-2/h13-20,27-28,30H,8-12,21-22H2,1-7H3,(H,33,37)/t27-,28-,30?/m1/s1. The Morgan fingerprint density at radius 1 is 1.00 bits per heavy atom. The topological polar surface area (TPSA) is 71.1 Å². The molecule has 0 bridgehead atoms. The Hall–Kier alpha value is -2.90. The maximum atomic E-state index is 13.5. The number of nitrogens with one attached hydrogen (secondary N) is 1. The van der Waals surface area contributed by atoms with Crippen molar-refractivity contribution < 1.29 is 19.1 Å². The zero-order chi connectivity index (χ0) is 28.6. The number of nitrogens with zero attached hydrogens (tertiary/aromatic N) is 2. The quantitative estimate of drug-likeness (QED) is 0.274. The van der Waals surface area contributed by atoms with E-state index in [-0.39, 0.29) is 18.0 Å². The van der Waals surface area contributed by atoms with Crippen LogP contribution in [0, 0.1) is 12.3 Å². The molecule has 1 N–H and O–H groups in total. The molecule has 1 heterocycles. The first-order valence-electron chi connectivity index (χ1n) is 14.4. The molecule has 39 heavy (non-hydrogen) atoms. The van der Waals surface area contributed by atoms with E-state index in [0.717, 1.165) is 36.9 Å². The number of ether oxygens (including phenoxy) is 2. The summed E-state index contributed by atoms with van der Waals surface area (Å²) in [5, 5.41) is 3.12. The highest BCUT2D eigenvalue weighted by Crippen LogP contribution is 2.46. The lowest BCUT2D eigenvalue weighted by atomic mass is 9.72. The number of hydrogen-bond donors (Lipinski definition) is 1. The number of urea groups is 1. The van der Waals surface area contributed by atoms with E-state index >= 15 is 0 Å². The van der Waals surface area contributed by atoms with Crippen LogP contribution in [0.4, 0.5) is 4.79 Å². The summed E-state index contributed by atoms with van der Waals surface area (Å²) < 4.78 is 11.9. The predicted octanol–water partition coefficient (Wildman–Crippen LogP) is 6.63. The van der Waals surface area contributed by atoms with Gasteiger partial charge < -0.3 is 14.8 Å². The van der Waals surface area contributed by atoms with Gasteiger partial charge >= 0.3 is 6.03 Å². The van der Waals surface area contributed by atoms with Crippen LogP contribution in [0.2, 0.25) is 0 Å². The molecule has 1 saturated heterocycles. The number of amides is 3. The number of aryl methyl sites for hydroxylation is 1. The Bertz CT molecular complexity index is 1070. The van der Waals surface area contributed by atoms with Crippen LogP contribution >= 0.6 is 0 Å². The third kappa shape index (κ3) is 6.64. The van der Waals surface area contributed by atoms with E-state index in [4.69, 9.17) is 9.47 Å². The van der Waals surface area contributed by atoms with Gasteiger partial charge in [-0.1, -0.05) is 76.1 Å². The van der Waals surface area contributed by atoms with Crippen LogP contribution in [-0.4, -0.2) is 55.3 Å². The molecule has 2 aromatic rings. The highest BCUT2D eigenvalue weighted by molar-refractivity contribution is 6.03. The minimum Gasteiger partial charge on any atom is -0.469 e. The van der Waals surface area contributed by atoms with Crippen molar-refractivity contribution in [3.8, 4) is 5.75 Å². The lowest BCUT2D eigenvalue weighted by Crippen LogP contribution is -2.73. The fourth-order valence-electron chi connectivity index (χ4n) is 5.57. The van der Waals surface area contributed by atoms with E-state index in [9.17, 15) is 9.59 Å². The number of likely N-dealkylation sites (N-methyl/N-ethyl adjacent to an activating group) is 1. The molecular formula is C32H47N3O4. The second-order valence-electron chi connectivity index (χ2n) is 10.7. The van der Waals surface area contributed by atoms with E-state index in [1.165, 1.54) is 10.5 Å². The fourth-order valence-corrected chi connectivity index (χ4v) is 5.57. The van der Waals surface area contributed by atoms with Crippen molar-refractivity contribution in [2.45, 2.75) is 85.0 Å². The van der Waals surface area contributed by atoms with Crippen molar-refractivity contribution in [2.24, 2.45) is 5.41 Å². The van der Waals surface area contributed by atoms with Crippen molar-refractivity contribution in [2.75, 3.05) is 27.3 Å². The molecule has 0 aromatic heterocycles. The largest absolute Gasteiger partial charge is 0.469 e. The molecule has 3 amide bonds. The Kier molecular flexibility index (Phi) is 11.0. The summed E-state index contributed by atoms with van der Waals surface area (Å²) in [6, 6.07) is 15.7. The molecule has 1 unspecified atom stereocenters. The summed E-state index contributed by atoms with van der Waals surface area (Å²) in [5.74, 6) is 0.463. The van der Waals surface area contributed by atoms with Gasteiger partial charge in [-0.25, -0.2) is 9.69 Å². The number of imide groups is 1. The first-order valence-corrected chi connectivity index (χ1v) is 14.4. The van der Waals surface area contributed by atoms with Gasteiger partial charge in [-0.05, 0) is 69.5 Å². The minimum atomic E-state index is -0.722. The average molecular weight is 538 g/mol. The molecule has 3 rings (SSSR count). The van der Waals surface area contributed by atoms with Crippen molar-refractivity contribution in [1.82, 2.24) is 15.1 Å². The van der Waals surface area contributed by atoms with Crippen molar-refractivity contribution in [1.29, 1.82) is 0 Å². The zero-order valence-corrected chi connectivity index (χ0v) is 24.8. The van der Waals surface area contributed by atoms with Gasteiger partial charge in [0.25, 0.3) is 0 Å². The first kappa shape index (κ1) is 30.6. The molecule has 1 aliphatic heterocycles. The van der Waals surface area contributed by atoms with Crippen molar-refractivity contribution in [3.05, 3.63) is 65.2 Å². The van der Waals surface area contributed by atoms with Gasteiger partial charge in [0.05, 0.1) is 18.7 Å². The van der Waals surface area contributed by atoms with Gasteiger partial charge in [0.15, 0.2) is 6.23 Å². The number of likely N-dealkylation sites (tertiary alicyclic amines) is 1. The Balaban J connectivity index is 1.81. The fraction of sp³-hybridized carbons (Fsp3) is 0.562. The lowest BCUT2D eigenvalue weighted by molar-refractivity contribution is -0.191. The normalized spacial score (nSPS) is 18.0. The maximum Gasteiger partial charge on any atom is 0.327 e. The molecule has 7 heteroatoms. The number of carbonyl (C=O) groups excluding carboxylic acids is 2. The summed E-state index contributed by atoms with van der Waals surface area (Å²) in [6.45, 7) is 11.8. The van der Waals surface area contributed by atoms with Gasteiger partial charge in [-0.15, -0.1) is 0 Å². The van der Waals surface area contributed by atoms with E-state index in [1.54, 1.807) is 7.11 Å². The van der Waals surface area contributed by atoms with Gasteiger partial charge in [-0.3, -0.25) is 9.69 Å². The molecule has 214 valence electrons. The molecule has 3 atom stereocenters. The molecule has 1 aliphatic rings. The smallest absolute Gasteiger partial charge is 0.327 e. The van der Waals surface area contributed by atoms with Crippen LogP contribution in [-0.2, 0) is 9.53 Å². The number of carbonyl (C=O) groups is 2. The minimum absolute atomic E-state index is 0.138. The third-order valence-electron chi connectivity index (χ3n) is 8.13. The van der Waals surface area contributed by atoms with E-state index in [2.05, 4.69) is 31.1 Å². The number of rotatable bonds is 14. The molecule has 0 aliphatic carbocycles. The Morgan fingerprint density at radius 3 is 2.15 bits per heavy atom. The molecule has 0 saturated carbocycles. The molecule has 1 fully saturated rings. The van der Waals surface area contributed by atoms with Gasteiger partial charge in [-0.2, -0.15) is 0 Å². The summed E-state index contributed by atoms with van der Waals surface area (Å²) in [5.41, 5.74) is 2.61.